The summed E-state index contributed by atoms with van der Waals surface area (Å²) in [5.41, 5.74) is 7.27. The molecule has 0 radical (unpaired) electrons. The minimum Gasteiger partial charge on any atom is -0.480 e. The third-order valence-corrected chi connectivity index (χ3v) is 9.82. The number of fused-ring (bicyclic) bond motifs is 5. The maximum Gasteiger partial charge on any atom is 0.320 e. The molecule has 0 aromatic carbocycles. The summed E-state index contributed by atoms with van der Waals surface area (Å²) in [7, 11) is 0. The van der Waals surface area contributed by atoms with Gasteiger partial charge in [-0.05, 0) is 86.9 Å². The van der Waals surface area contributed by atoms with Crippen LogP contribution in [0.1, 0.15) is 85.0 Å². The number of Topliss-reactive ketones (excluding diaryl/α,β-unsaturated/α-hetero) is 1. The second-order valence-corrected chi connectivity index (χ2v) is 11.4. The van der Waals surface area contributed by atoms with E-state index in [9.17, 15) is 14.4 Å². The van der Waals surface area contributed by atoms with Gasteiger partial charge in [0.05, 0.1) is 0 Å². The van der Waals surface area contributed by atoms with E-state index in [1.54, 1.807) is 6.92 Å². The van der Waals surface area contributed by atoms with E-state index in [2.05, 4.69) is 19.9 Å². The molecule has 1 unspecified atom stereocenters. The third-order valence-electron chi connectivity index (χ3n) is 9.82. The Labute approximate surface area is 191 Å². The zero-order valence-electron chi connectivity index (χ0n) is 19.8. The van der Waals surface area contributed by atoms with Crippen molar-refractivity contribution in [3.8, 4) is 0 Å². The van der Waals surface area contributed by atoms with Gasteiger partial charge in [-0.15, -0.1) is 0 Å². The maximum atomic E-state index is 12.3. The first kappa shape index (κ1) is 23.5. The largest absolute Gasteiger partial charge is 0.480 e. The highest BCUT2D eigenvalue weighted by Gasteiger charge is 2.59. The quantitative estimate of drug-likeness (QED) is 0.467. The van der Waals surface area contributed by atoms with Gasteiger partial charge in [0.25, 0.3) is 0 Å². The molecule has 0 aliphatic heterocycles. The van der Waals surface area contributed by atoms with Crippen LogP contribution < -0.4 is 5.73 Å². The first-order valence-corrected chi connectivity index (χ1v) is 12.4. The zero-order chi connectivity index (χ0) is 23.3. The van der Waals surface area contributed by atoms with Crippen molar-refractivity contribution in [1.82, 2.24) is 0 Å². The van der Waals surface area contributed by atoms with Crippen molar-refractivity contribution in [2.45, 2.75) is 97.1 Å². The fourth-order valence-corrected chi connectivity index (χ4v) is 8.04. The van der Waals surface area contributed by atoms with Crippen LogP contribution in [-0.4, -0.2) is 35.0 Å². The molecule has 178 valence electrons. The van der Waals surface area contributed by atoms with Gasteiger partial charge in [-0.25, -0.2) is 0 Å². The summed E-state index contributed by atoms with van der Waals surface area (Å²) in [4.78, 5) is 35.4. The minimum absolute atomic E-state index is 0.0442. The lowest BCUT2D eigenvalue weighted by Crippen LogP contribution is -2.51. The van der Waals surface area contributed by atoms with Gasteiger partial charge in [-0.3, -0.25) is 14.4 Å². The van der Waals surface area contributed by atoms with Crippen LogP contribution >= 0.6 is 0 Å². The number of carbonyl (C=O) groups excluding carboxylic acids is 2. The topological polar surface area (TPSA) is 107 Å². The first-order chi connectivity index (χ1) is 15.1. The number of nitrogens with two attached hydrogens (primary N) is 1. The highest BCUT2D eigenvalue weighted by Crippen LogP contribution is 2.66. The van der Waals surface area contributed by atoms with Crippen molar-refractivity contribution in [2.24, 2.45) is 40.2 Å². The molecule has 0 saturated heterocycles. The zero-order valence-corrected chi connectivity index (χ0v) is 19.8. The number of carbonyl (C=O) groups is 3. The van der Waals surface area contributed by atoms with E-state index < -0.39 is 12.0 Å². The van der Waals surface area contributed by atoms with Crippen molar-refractivity contribution in [1.29, 1.82) is 0 Å². The fraction of sp³-hybridized carbons (Fsp3) is 0.808. The van der Waals surface area contributed by atoms with Crippen LogP contribution in [0.5, 0.6) is 0 Å². The molecule has 0 bridgehead atoms. The molecule has 4 rings (SSSR count). The van der Waals surface area contributed by atoms with E-state index in [1.165, 1.54) is 18.4 Å². The molecular weight excluding hydrogens is 406 g/mol. The molecule has 3 fully saturated rings. The lowest BCUT2D eigenvalue weighted by atomic mass is 9.47. The number of ether oxygens (including phenoxy) is 1. The maximum absolute atomic E-state index is 12.3. The van der Waals surface area contributed by atoms with Crippen LogP contribution in [0.15, 0.2) is 11.6 Å². The van der Waals surface area contributed by atoms with E-state index in [1.807, 2.05) is 0 Å². The Hall–Kier alpha value is -1.69. The fourth-order valence-electron chi connectivity index (χ4n) is 8.04. The summed E-state index contributed by atoms with van der Waals surface area (Å²) in [6, 6.07) is -1.02. The standard InChI is InChI=1S/C26H39NO5/c1-15(28)19-6-7-20-18-5-4-16-14-17(32-23(29)9-8-22(27)24(30)31)10-12-25(16,2)21(18)11-13-26(19,20)3/h4,17-22H,5-14,27H2,1-3H3,(H,30,31)/t17?,18-,19+,20-,21-,22-,25-,26+/m0/s1. The molecule has 3 saturated carbocycles. The van der Waals surface area contributed by atoms with Gasteiger partial charge in [0.1, 0.15) is 17.9 Å². The molecule has 0 heterocycles. The van der Waals surface area contributed by atoms with Gasteiger partial charge < -0.3 is 15.6 Å². The Kier molecular flexibility index (Phi) is 6.30. The van der Waals surface area contributed by atoms with E-state index in [0.717, 1.165) is 38.5 Å². The average molecular weight is 446 g/mol. The number of carboxylic acids is 1. The monoisotopic (exact) mass is 445 g/mol. The van der Waals surface area contributed by atoms with Crippen molar-refractivity contribution < 1.29 is 24.2 Å². The summed E-state index contributed by atoms with van der Waals surface area (Å²) >= 11 is 0. The number of allylic oxidation sites excluding steroid dienone is 1. The number of esters is 1. The highest BCUT2D eigenvalue weighted by molar-refractivity contribution is 5.79. The average Bonchev–Trinajstić information content (AvgIpc) is 3.09. The van der Waals surface area contributed by atoms with Crippen LogP contribution in [0.3, 0.4) is 0 Å². The molecule has 0 aromatic heterocycles. The molecule has 6 heteroatoms. The number of aliphatic carboxylic acids is 1. The number of carboxylic acid groups (broad SMARTS) is 1. The molecule has 6 nitrogen and oxygen atoms in total. The Morgan fingerprint density at radius 1 is 1.16 bits per heavy atom. The molecular formula is C26H39NO5. The number of ketones is 1. The second kappa shape index (κ2) is 8.58. The summed E-state index contributed by atoms with van der Waals surface area (Å²) < 4.78 is 5.71. The number of hydrogen-bond donors (Lipinski definition) is 2. The molecule has 4 aliphatic rings. The summed E-state index contributed by atoms with van der Waals surface area (Å²) in [5, 5.41) is 8.88. The van der Waals surface area contributed by atoms with Crippen LogP contribution in [0.25, 0.3) is 0 Å². The van der Waals surface area contributed by atoms with Gasteiger partial charge in [0.15, 0.2) is 0 Å². The Morgan fingerprint density at radius 3 is 2.59 bits per heavy atom. The van der Waals surface area contributed by atoms with Gasteiger partial charge in [0.2, 0.25) is 0 Å². The van der Waals surface area contributed by atoms with Gasteiger partial charge in [-0.2, -0.15) is 0 Å². The second-order valence-electron chi connectivity index (χ2n) is 11.4. The van der Waals surface area contributed by atoms with E-state index >= 15 is 0 Å². The van der Waals surface area contributed by atoms with Crippen LogP contribution in [0.2, 0.25) is 0 Å². The van der Waals surface area contributed by atoms with E-state index in [-0.39, 0.29) is 41.7 Å². The van der Waals surface area contributed by atoms with Gasteiger partial charge in [-0.1, -0.05) is 25.5 Å². The Balaban J connectivity index is 1.41. The summed E-state index contributed by atoms with van der Waals surface area (Å²) in [6.07, 6.45) is 10.8. The van der Waals surface area contributed by atoms with Crippen LogP contribution in [-0.2, 0) is 19.1 Å². The van der Waals surface area contributed by atoms with Crippen molar-refractivity contribution in [2.75, 3.05) is 0 Å². The lowest BCUT2D eigenvalue weighted by Gasteiger charge is -2.58. The molecule has 0 aromatic rings. The third kappa shape index (κ3) is 3.93. The van der Waals surface area contributed by atoms with Gasteiger partial charge in [0, 0.05) is 18.8 Å². The molecule has 8 atom stereocenters. The molecule has 0 spiro atoms. The smallest absolute Gasteiger partial charge is 0.320 e. The van der Waals surface area contributed by atoms with Crippen molar-refractivity contribution >= 4 is 17.7 Å². The van der Waals surface area contributed by atoms with E-state index in [0.29, 0.717) is 23.5 Å². The van der Waals surface area contributed by atoms with E-state index in [4.69, 9.17) is 15.6 Å². The molecule has 32 heavy (non-hydrogen) atoms. The van der Waals surface area contributed by atoms with Gasteiger partial charge >= 0.3 is 11.9 Å². The Morgan fingerprint density at radius 2 is 1.91 bits per heavy atom. The number of rotatable bonds is 6. The van der Waals surface area contributed by atoms with Crippen LogP contribution in [0.4, 0.5) is 0 Å². The normalized spacial score (nSPS) is 41.5. The van der Waals surface area contributed by atoms with Crippen molar-refractivity contribution in [3.63, 3.8) is 0 Å². The molecule has 3 N–H and O–H groups in total. The first-order valence-electron chi connectivity index (χ1n) is 12.4. The number of hydrogen-bond acceptors (Lipinski definition) is 5. The predicted molar refractivity (Wildman–Crippen MR) is 121 cm³/mol. The predicted octanol–water partition coefficient (Wildman–Crippen LogP) is 4.26. The van der Waals surface area contributed by atoms with Crippen molar-refractivity contribution in [3.05, 3.63) is 11.6 Å². The minimum atomic E-state index is -1.09. The SMILES string of the molecule is CC(=O)[C@H]1CC[C@H]2[C@@H]3CC=C4CC(OC(=O)CC[C@H](N)C(=O)O)CC[C@]4(C)[C@H]3CC[C@]12C. The lowest BCUT2D eigenvalue weighted by molar-refractivity contribution is -0.152. The Bertz CT molecular complexity index is 821. The molecule has 0 amide bonds. The van der Waals surface area contributed by atoms with Crippen LogP contribution in [0, 0.1) is 34.5 Å². The molecule has 4 aliphatic carbocycles. The summed E-state index contributed by atoms with van der Waals surface area (Å²) in [6.45, 7) is 6.57. The summed E-state index contributed by atoms with van der Waals surface area (Å²) in [5.74, 6) is 1.11. The highest BCUT2D eigenvalue weighted by atomic mass is 16.5.